The molecule has 0 aromatic carbocycles. The molecule has 0 saturated heterocycles. The third-order valence-electron chi connectivity index (χ3n) is 1.16. The van der Waals surface area contributed by atoms with Gasteiger partial charge in [0.05, 0.1) is 0 Å². The van der Waals surface area contributed by atoms with E-state index in [0.29, 0.717) is 12.5 Å². The fourth-order valence-electron chi connectivity index (χ4n) is 0.804. The summed E-state index contributed by atoms with van der Waals surface area (Å²) in [7, 11) is 1.69. The molecule has 0 aliphatic carbocycles. The molecule has 0 heterocycles. The number of ether oxygens (including phenoxy) is 1. The molecule has 0 fully saturated rings. The normalized spacial score (nSPS) is 9.91. The number of hydrogen-bond acceptors (Lipinski definition) is 3. The van der Waals surface area contributed by atoms with Crippen LogP contribution in [0.3, 0.4) is 0 Å². The highest BCUT2D eigenvalue weighted by Gasteiger charge is 2.09. The first kappa shape index (κ1) is 10.2. The van der Waals surface area contributed by atoms with E-state index in [9.17, 15) is 4.79 Å². The van der Waals surface area contributed by atoms with Gasteiger partial charge in [-0.1, -0.05) is 13.8 Å². The molecular formula is C7H16N2O2. The van der Waals surface area contributed by atoms with E-state index in [1.165, 1.54) is 4.90 Å². The van der Waals surface area contributed by atoms with Crippen molar-refractivity contribution in [3.8, 4) is 0 Å². The molecule has 1 amide bonds. The summed E-state index contributed by atoms with van der Waals surface area (Å²) in [6.45, 7) is 4.71. The summed E-state index contributed by atoms with van der Waals surface area (Å²) in [5.74, 6) is 0.449. The van der Waals surface area contributed by atoms with E-state index in [4.69, 9.17) is 5.73 Å². The third kappa shape index (κ3) is 4.61. The topological polar surface area (TPSA) is 55.6 Å². The number of nitrogens with zero attached hydrogens (tertiary/aromatic N) is 1. The monoisotopic (exact) mass is 160 g/mol. The molecule has 0 aliphatic rings. The Labute approximate surface area is 67.3 Å². The summed E-state index contributed by atoms with van der Waals surface area (Å²) in [6, 6.07) is 0. The minimum Gasteiger partial charge on any atom is -0.434 e. The van der Waals surface area contributed by atoms with E-state index in [-0.39, 0.29) is 12.8 Å². The van der Waals surface area contributed by atoms with Crippen molar-refractivity contribution in [1.82, 2.24) is 4.90 Å². The summed E-state index contributed by atoms with van der Waals surface area (Å²) in [5, 5.41) is 0. The molecule has 11 heavy (non-hydrogen) atoms. The maximum atomic E-state index is 10.9. The highest BCUT2D eigenvalue weighted by Crippen LogP contribution is 1.97. The molecule has 0 aliphatic heterocycles. The van der Waals surface area contributed by atoms with Gasteiger partial charge in [0, 0.05) is 13.6 Å². The van der Waals surface area contributed by atoms with Crippen molar-refractivity contribution >= 4 is 6.09 Å². The molecule has 0 bridgehead atoms. The van der Waals surface area contributed by atoms with Crippen LogP contribution in [0.5, 0.6) is 0 Å². The minimum atomic E-state index is -0.360. The van der Waals surface area contributed by atoms with Crippen molar-refractivity contribution in [3.05, 3.63) is 0 Å². The predicted molar refractivity (Wildman–Crippen MR) is 43.0 cm³/mol. The first-order chi connectivity index (χ1) is 5.07. The maximum Gasteiger partial charge on any atom is 0.410 e. The highest BCUT2D eigenvalue weighted by molar-refractivity contribution is 5.67. The van der Waals surface area contributed by atoms with Crippen molar-refractivity contribution in [1.29, 1.82) is 0 Å². The molecule has 66 valence electrons. The number of carbonyl (C=O) groups excluding carboxylic acids is 1. The van der Waals surface area contributed by atoms with Crippen LogP contribution < -0.4 is 5.73 Å². The average Bonchev–Trinajstić information content (AvgIpc) is 1.86. The van der Waals surface area contributed by atoms with E-state index in [1.807, 2.05) is 13.8 Å². The van der Waals surface area contributed by atoms with Gasteiger partial charge >= 0.3 is 6.09 Å². The Hall–Kier alpha value is -0.770. The minimum absolute atomic E-state index is 0.0543. The van der Waals surface area contributed by atoms with Crippen LogP contribution in [0.4, 0.5) is 4.79 Å². The van der Waals surface area contributed by atoms with Crippen molar-refractivity contribution in [2.24, 2.45) is 11.7 Å². The number of nitrogens with two attached hydrogens (primary N) is 1. The van der Waals surface area contributed by atoms with Gasteiger partial charge in [-0.2, -0.15) is 0 Å². The van der Waals surface area contributed by atoms with Gasteiger partial charge in [0.25, 0.3) is 0 Å². The Morgan fingerprint density at radius 2 is 2.18 bits per heavy atom. The van der Waals surface area contributed by atoms with Crippen LogP contribution in [0, 0.1) is 5.92 Å². The van der Waals surface area contributed by atoms with E-state index < -0.39 is 0 Å². The average molecular weight is 160 g/mol. The van der Waals surface area contributed by atoms with Gasteiger partial charge in [0.15, 0.2) is 0 Å². The largest absolute Gasteiger partial charge is 0.434 e. The smallest absolute Gasteiger partial charge is 0.410 e. The molecule has 0 atom stereocenters. The lowest BCUT2D eigenvalue weighted by molar-refractivity contribution is 0.110. The second-order valence-corrected chi connectivity index (χ2v) is 2.85. The quantitative estimate of drug-likeness (QED) is 0.616. The molecule has 0 spiro atoms. The van der Waals surface area contributed by atoms with Crippen LogP contribution in [0.25, 0.3) is 0 Å². The van der Waals surface area contributed by atoms with Gasteiger partial charge in [-0.05, 0) is 5.92 Å². The molecule has 0 aromatic rings. The standard InChI is InChI=1S/C7H16N2O2/c1-6(2)4-9(3)7(10)11-5-8/h6H,4-5,8H2,1-3H3. The zero-order chi connectivity index (χ0) is 8.85. The lowest BCUT2D eigenvalue weighted by Crippen LogP contribution is -2.32. The fraction of sp³-hybridized carbons (Fsp3) is 0.857. The summed E-state index contributed by atoms with van der Waals surface area (Å²) >= 11 is 0. The van der Waals surface area contributed by atoms with Crippen molar-refractivity contribution in [2.75, 3.05) is 20.3 Å². The maximum absolute atomic E-state index is 10.9. The van der Waals surface area contributed by atoms with Gasteiger partial charge in [-0.3, -0.25) is 5.73 Å². The zero-order valence-electron chi connectivity index (χ0n) is 7.33. The fourth-order valence-corrected chi connectivity index (χ4v) is 0.804. The molecule has 0 rings (SSSR count). The van der Waals surface area contributed by atoms with E-state index in [2.05, 4.69) is 4.74 Å². The van der Waals surface area contributed by atoms with E-state index >= 15 is 0 Å². The number of hydrogen-bond donors (Lipinski definition) is 1. The summed E-state index contributed by atoms with van der Waals surface area (Å²) < 4.78 is 4.57. The van der Waals surface area contributed by atoms with Crippen LogP contribution in [-0.4, -0.2) is 31.3 Å². The van der Waals surface area contributed by atoms with Crippen molar-refractivity contribution < 1.29 is 9.53 Å². The first-order valence-corrected chi connectivity index (χ1v) is 3.66. The van der Waals surface area contributed by atoms with Crippen LogP contribution in [-0.2, 0) is 4.74 Å². The lowest BCUT2D eigenvalue weighted by Gasteiger charge is -2.17. The second-order valence-electron chi connectivity index (χ2n) is 2.85. The van der Waals surface area contributed by atoms with Gasteiger partial charge in [-0.15, -0.1) is 0 Å². The Bertz CT molecular complexity index is 126. The molecule has 4 nitrogen and oxygen atoms in total. The first-order valence-electron chi connectivity index (χ1n) is 3.66. The number of rotatable bonds is 3. The predicted octanol–water partition coefficient (Wildman–Crippen LogP) is 0.627. The van der Waals surface area contributed by atoms with Gasteiger partial charge < -0.3 is 9.64 Å². The van der Waals surface area contributed by atoms with Crippen LogP contribution >= 0.6 is 0 Å². The Balaban J connectivity index is 3.64. The number of carbonyl (C=O) groups is 1. The lowest BCUT2D eigenvalue weighted by atomic mass is 10.2. The Morgan fingerprint density at radius 1 is 1.64 bits per heavy atom. The molecule has 4 heteroatoms. The highest BCUT2D eigenvalue weighted by atomic mass is 16.6. The van der Waals surface area contributed by atoms with Crippen molar-refractivity contribution in [2.45, 2.75) is 13.8 Å². The van der Waals surface area contributed by atoms with Crippen LogP contribution in [0.15, 0.2) is 0 Å². The zero-order valence-corrected chi connectivity index (χ0v) is 7.33. The van der Waals surface area contributed by atoms with E-state index in [0.717, 1.165) is 0 Å². The molecule has 2 N–H and O–H groups in total. The van der Waals surface area contributed by atoms with Gasteiger partial charge in [-0.25, -0.2) is 4.79 Å². The third-order valence-corrected chi connectivity index (χ3v) is 1.16. The Kier molecular flexibility index (Phi) is 4.61. The van der Waals surface area contributed by atoms with Crippen LogP contribution in [0.1, 0.15) is 13.8 Å². The second kappa shape index (κ2) is 4.96. The summed E-state index contributed by atoms with van der Waals surface area (Å²) in [5.41, 5.74) is 5.03. The molecule has 0 aromatic heterocycles. The summed E-state index contributed by atoms with van der Waals surface area (Å²) in [6.07, 6.45) is -0.360. The van der Waals surface area contributed by atoms with E-state index in [1.54, 1.807) is 7.05 Å². The molecular weight excluding hydrogens is 144 g/mol. The molecule has 0 radical (unpaired) electrons. The number of amides is 1. The molecule has 0 saturated carbocycles. The van der Waals surface area contributed by atoms with Gasteiger partial charge in [0.2, 0.25) is 0 Å². The van der Waals surface area contributed by atoms with Crippen molar-refractivity contribution in [3.63, 3.8) is 0 Å². The van der Waals surface area contributed by atoms with Gasteiger partial charge in [0.1, 0.15) is 6.73 Å². The molecule has 0 unspecified atom stereocenters. The Morgan fingerprint density at radius 3 is 2.55 bits per heavy atom. The summed E-state index contributed by atoms with van der Waals surface area (Å²) in [4.78, 5) is 12.4. The van der Waals surface area contributed by atoms with Crippen LogP contribution in [0.2, 0.25) is 0 Å². The SMILES string of the molecule is CC(C)CN(C)C(=O)OCN.